The van der Waals surface area contributed by atoms with E-state index in [4.69, 9.17) is 15.3 Å². The van der Waals surface area contributed by atoms with Crippen molar-refractivity contribution in [2.45, 2.75) is 54.9 Å². The molecule has 0 saturated carbocycles. The Balaban J connectivity index is 2.96. The van der Waals surface area contributed by atoms with Crippen molar-refractivity contribution in [3.05, 3.63) is 0 Å². The molecule has 0 spiro atoms. The van der Waals surface area contributed by atoms with Crippen LogP contribution in [-0.2, 0) is 19.1 Å². The van der Waals surface area contributed by atoms with E-state index in [1.807, 2.05) is 0 Å². The highest BCUT2D eigenvalue weighted by Crippen LogP contribution is 2.24. The third-order valence-corrected chi connectivity index (χ3v) is 3.68. The smallest absolute Gasteiger partial charge is 0.335 e. The van der Waals surface area contributed by atoms with E-state index in [0.29, 0.717) is 0 Å². The van der Waals surface area contributed by atoms with Gasteiger partial charge in [0.25, 0.3) is 0 Å². The van der Waals surface area contributed by atoms with Gasteiger partial charge in [-0.3, -0.25) is 4.79 Å². The molecule has 9 atom stereocenters. The lowest BCUT2D eigenvalue weighted by Gasteiger charge is -2.39. The lowest BCUT2D eigenvalue weighted by atomic mass is 9.89. The molecule has 1 unspecified atom stereocenters. The Hall–Kier alpha value is -1.71. The first-order chi connectivity index (χ1) is 11.4. The number of rotatable bonds is 7. The minimum atomic E-state index is -2.61. The monoisotopic (exact) mass is 370 g/mol. The number of hydrogen-bond acceptors (Lipinski definition) is 11. The maximum Gasteiger partial charge on any atom is 0.335 e. The first kappa shape index (κ1) is 21.3. The Morgan fingerprint density at radius 1 is 0.720 bits per heavy atom. The fourth-order valence-corrected chi connectivity index (χ4v) is 2.18. The molecule has 1 fully saturated rings. The molecule has 1 aliphatic heterocycles. The Bertz CT molecular complexity index is 521. The molecular formula is C12H18O13. The van der Waals surface area contributed by atoms with Crippen LogP contribution in [0.4, 0.5) is 0 Å². The number of carboxylic acid groups (broad SMARTS) is 2. The molecule has 0 amide bonds. The fraction of sp³-hybridized carbons (Fsp3) is 0.750. The number of ketones is 1. The topological polar surface area (TPSA) is 243 Å². The van der Waals surface area contributed by atoms with Crippen LogP contribution in [0.15, 0.2) is 0 Å². The number of aliphatic hydroxyl groups is 7. The van der Waals surface area contributed by atoms with Crippen molar-refractivity contribution < 1.29 is 65.1 Å². The number of ether oxygens (including phenoxy) is 1. The van der Waals surface area contributed by atoms with Gasteiger partial charge in [-0.1, -0.05) is 0 Å². The summed E-state index contributed by atoms with van der Waals surface area (Å²) in [7, 11) is 0. The number of carboxylic acids is 2. The van der Waals surface area contributed by atoms with Gasteiger partial charge in [0.05, 0.1) is 0 Å². The zero-order valence-corrected chi connectivity index (χ0v) is 12.4. The summed E-state index contributed by atoms with van der Waals surface area (Å²) < 4.78 is 4.62. The molecule has 9 N–H and O–H groups in total. The van der Waals surface area contributed by atoms with E-state index in [1.165, 1.54) is 0 Å². The third kappa shape index (κ3) is 4.28. The van der Waals surface area contributed by atoms with E-state index < -0.39 is 72.7 Å². The van der Waals surface area contributed by atoms with Crippen LogP contribution < -0.4 is 0 Å². The van der Waals surface area contributed by atoms with Gasteiger partial charge in [0.1, 0.15) is 42.7 Å². The number of hydrogen-bond donors (Lipinski definition) is 9. The second-order valence-corrected chi connectivity index (χ2v) is 5.40. The predicted molar refractivity (Wildman–Crippen MR) is 71.0 cm³/mol. The number of Topliss-reactive ketones (excluding diaryl/α,β-unsaturated/α-hetero) is 1. The summed E-state index contributed by atoms with van der Waals surface area (Å²) in [6.07, 6.45) is -21.0. The molecule has 0 aromatic rings. The fourth-order valence-electron chi connectivity index (χ4n) is 2.18. The number of carbonyl (C=O) groups is 3. The van der Waals surface area contributed by atoms with Crippen LogP contribution >= 0.6 is 0 Å². The second kappa shape index (κ2) is 8.11. The van der Waals surface area contributed by atoms with Crippen LogP contribution in [0.1, 0.15) is 0 Å². The van der Waals surface area contributed by atoms with E-state index in [-0.39, 0.29) is 0 Å². The standard InChI is InChI=1S/C12H18O13/c13-1(3(15)8(20)11(21)22)2(14)5(17)9-6(18)4(16)7(19)10(25-9)12(23)24/h1-4,6-10,13-16,18-20H,(H,21,22)(H,23,24)/t1-,2-,3+,4-,6-,7+,8+,9?,10+/m1/s1. The van der Waals surface area contributed by atoms with Crippen LogP contribution in [0.5, 0.6) is 0 Å². The molecule has 13 nitrogen and oxygen atoms in total. The van der Waals surface area contributed by atoms with E-state index in [9.17, 15) is 45.0 Å². The highest BCUT2D eigenvalue weighted by molar-refractivity contribution is 5.89. The van der Waals surface area contributed by atoms with Crippen LogP contribution in [0.25, 0.3) is 0 Å². The zero-order chi connectivity index (χ0) is 19.6. The Kier molecular flexibility index (Phi) is 6.92. The average Bonchev–Trinajstić information content (AvgIpc) is 2.56. The maximum absolute atomic E-state index is 12.0. The third-order valence-electron chi connectivity index (χ3n) is 3.68. The van der Waals surface area contributed by atoms with Gasteiger partial charge in [0.2, 0.25) is 0 Å². The van der Waals surface area contributed by atoms with Crippen molar-refractivity contribution in [2.75, 3.05) is 0 Å². The first-order valence-corrected chi connectivity index (χ1v) is 6.83. The van der Waals surface area contributed by atoms with Crippen molar-refractivity contribution in [3.63, 3.8) is 0 Å². The Morgan fingerprint density at radius 2 is 1.16 bits per heavy atom. The summed E-state index contributed by atoms with van der Waals surface area (Å²) >= 11 is 0. The van der Waals surface area contributed by atoms with E-state index in [1.54, 1.807) is 0 Å². The largest absolute Gasteiger partial charge is 0.479 e. The molecule has 1 heterocycles. The van der Waals surface area contributed by atoms with Gasteiger partial charge in [0.15, 0.2) is 18.0 Å². The van der Waals surface area contributed by atoms with E-state index >= 15 is 0 Å². The van der Waals surface area contributed by atoms with E-state index in [0.717, 1.165) is 0 Å². The lowest BCUT2D eigenvalue weighted by molar-refractivity contribution is -0.229. The summed E-state index contributed by atoms with van der Waals surface area (Å²) in [5.41, 5.74) is 0. The minimum Gasteiger partial charge on any atom is -0.479 e. The van der Waals surface area contributed by atoms with Gasteiger partial charge in [-0.05, 0) is 0 Å². The molecule has 1 rings (SSSR count). The van der Waals surface area contributed by atoms with Crippen molar-refractivity contribution in [2.24, 2.45) is 0 Å². The van der Waals surface area contributed by atoms with E-state index in [2.05, 4.69) is 4.74 Å². The van der Waals surface area contributed by atoms with Gasteiger partial charge in [0, 0.05) is 0 Å². The summed E-state index contributed by atoms with van der Waals surface area (Å²) in [5, 5.41) is 83.8. The summed E-state index contributed by atoms with van der Waals surface area (Å²) in [6, 6.07) is 0. The van der Waals surface area contributed by atoms with Crippen LogP contribution in [0.2, 0.25) is 0 Å². The SMILES string of the molecule is O=C(O)[C@@H](O)[C@@H](O)[C@H](O)[C@@H](O)C(=O)C1O[C@H](C(=O)O)[C@@H](O)[C@H](O)[C@H]1O. The molecule has 25 heavy (non-hydrogen) atoms. The Morgan fingerprint density at radius 3 is 1.60 bits per heavy atom. The molecule has 0 aliphatic carbocycles. The van der Waals surface area contributed by atoms with Gasteiger partial charge in [-0.25, -0.2) is 9.59 Å². The molecule has 0 aromatic carbocycles. The number of carbonyl (C=O) groups excluding carboxylic acids is 1. The highest BCUT2D eigenvalue weighted by Gasteiger charge is 2.51. The average molecular weight is 370 g/mol. The van der Waals surface area contributed by atoms with Crippen molar-refractivity contribution in [1.82, 2.24) is 0 Å². The molecule has 0 aromatic heterocycles. The van der Waals surface area contributed by atoms with Crippen LogP contribution in [0, 0.1) is 0 Å². The molecule has 1 aliphatic rings. The van der Waals surface area contributed by atoms with Crippen LogP contribution in [0.3, 0.4) is 0 Å². The van der Waals surface area contributed by atoms with Crippen molar-refractivity contribution >= 4 is 17.7 Å². The van der Waals surface area contributed by atoms with Crippen LogP contribution in [-0.4, -0.2) is 119 Å². The molecule has 13 heteroatoms. The summed E-state index contributed by atoms with van der Waals surface area (Å²) in [4.78, 5) is 33.5. The zero-order valence-electron chi connectivity index (χ0n) is 12.4. The summed E-state index contributed by atoms with van der Waals surface area (Å²) in [5.74, 6) is -5.38. The van der Waals surface area contributed by atoms with Crippen molar-refractivity contribution in [1.29, 1.82) is 0 Å². The van der Waals surface area contributed by atoms with Gasteiger partial charge in [-0.2, -0.15) is 0 Å². The molecule has 0 radical (unpaired) electrons. The predicted octanol–water partition coefficient (Wildman–Crippen LogP) is -5.98. The Labute approximate surface area is 138 Å². The highest BCUT2D eigenvalue weighted by atomic mass is 16.6. The summed E-state index contributed by atoms with van der Waals surface area (Å²) in [6.45, 7) is 0. The van der Waals surface area contributed by atoms with Gasteiger partial charge in [-0.15, -0.1) is 0 Å². The molecule has 0 bridgehead atoms. The first-order valence-electron chi connectivity index (χ1n) is 6.83. The molecular weight excluding hydrogens is 352 g/mol. The lowest BCUT2D eigenvalue weighted by Crippen LogP contribution is -2.64. The van der Waals surface area contributed by atoms with Gasteiger partial charge >= 0.3 is 11.9 Å². The van der Waals surface area contributed by atoms with Crippen molar-refractivity contribution in [3.8, 4) is 0 Å². The number of aliphatic hydroxyl groups excluding tert-OH is 7. The quantitative estimate of drug-likeness (QED) is 0.203. The number of aliphatic carboxylic acids is 2. The normalized spacial score (nSPS) is 34.6. The van der Waals surface area contributed by atoms with Gasteiger partial charge < -0.3 is 50.7 Å². The molecule has 144 valence electrons. The second-order valence-electron chi connectivity index (χ2n) is 5.40. The maximum atomic E-state index is 12.0. The molecule has 1 saturated heterocycles. The minimum absolute atomic E-state index is 1.62.